The van der Waals surface area contributed by atoms with Gasteiger partial charge in [-0.2, -0.15) is 0 Å². The second kappa shape index (κ2) is 7.00. The molecule has 2 aromatic carbocycles. The number of nitrogens with one attached hydrogen (secondary N) is 1. The van der Waals surface area contributed by atoms with Crippen LogP contribution in [0.25, 0.3) is 11.0 Å². The molecule has 0 bridgehead atoms. The average molecular weight is 323 g/mol. The van der Waals surface area contributed by atoms with Gasteiger partial charge in [-0.05, 0) is 30.2 Å². The van der Waals surface area contributed by atoms with Crippen molar-refractivity contribution in [3.8, 4) is 5.75 Å². The molecule has 0 unspecified atom stereocenters. The van der Waals surface area contributed by atoms with E-state index in [2.05, 4.69) is 5.32 Å². The number of phenols is 1. The van der Waals surface area contributed by atoms with Gasteiger partial charge < -0.3 is 14.8 Å². The zero-order chi connectivity index (χ0) is 16.9. The van der Waals surface area contributed by atoms with Crippen molar-refractivity contribution in [1.29, 1.82) is 0 Å². The largest absolute Gasteiger partial charge is 0.508 e. The minimum Gasteiger partial charge on any atom is -0.508 e. The van der Waals surface area contributed by atoms with Gasteiger partial charge in [0.05, 0.1) is 11.6 Å². The fourth-order valence-electron chi connectivity index (χ4n) is 2.51. The summed E-state index contributed by atoms with van der Waals surface area (Å²) in [6.45, 7) is 0.304. The van der Waals surface area contributed by atoms with Crippen LogP contribution in [0, 0.1) is 0 Å². The summed E-state index contributed by atoms with van der Waals surface area (Å²) in [6, 6.07) is 13.5. The van der Waals surface area contributed by atoms with Crippen molar-refractivity contribution in [1.82, 2.24) is 5.32 Å². The van der Waals surface area contributed by atoms with Crippen molar-refractivity contribution < 1.29 is 14.3 Å². The first-order chi connectivity index (χ1) is 11.6. The smallest absolute Gasteiger partial charge is 0.220 e. The molecular weight excluding hydrogens is 306 g/mol. The number of fused-ring (bicyclic) bond motifs is 1. The van der Waals surface area contributed by atoms with Crippen LogP contribution in [0.1, 0.15) is 17.5 Å². The lowest BCUT2D eigenvalue weighted by Crippen LogP contribution is -2.23. The predicted molar refractivity (Wildman–Crippen MR) is 90.8 cm³/mol. The molecule has 3 aromatic rings. The van der Waals surface area contributed by atoms with Crippen molar-refractivity contribution in [2.45, 2.75) is 19.4 Å². The lowest BCUT2D eigenvalue weighted by Gasteiger charge is -2.07. The highest BCUT2D eigenvalue weighted by Gasteiger charge is 2.08. The van der Waals surface area contributed by atoms with Crippen LogP contribution in [0.15, 0.2) is 64.0 Å². The Labute approximate surface area is 138 Å². The van der Waals surface area contributed by atoms with Crippen molar-refractivity contribution in [3.05, 3.63) is 76.1 Å². The molecule has 0 spiro atoms. The third kappa shape index (κ3) is 3.63. The van der Waals surface area contributed by atoms with Crippen LogP contribution >= 0.6 is 0 Å². The average Bonchev–Trinajstić information content (AvgIpc) is 2.60. The van der Waals surface area contributed by atoms with Crippen LogP contribution < -0.4 is 10.7 Å². The summed E-state index contributed by atoms with van der Waals surface area (Å²) in [4.78, 5) is 23.8. The minimum atomic E-state index is -0.100. The third-order valence-corrected chi connectivity index (χ3v) is 3.82. The van der Waals surface area contributed by atoms with E-state index in [0.29, 0.717) is 30.4 Å². The highest BCUT2D eigenvalue weighted by Crippen LogP contribution is 2.15. The zero-order valence-corrected chi connectivity index (χ0v) is 13.0. The molecule has 0 aliphatic carbocycles. The van der Waals surface area contributed by atoms with Crippen molar-refractivity contribution in [3.63, 3.8) is 0 Å². The van der Waals surface area contributed by atoms with Gasteiger partial charge in [0.2, 0.25) is 5.91 Å². The maximum atomic E-state index is 12.0. The molecule has 3 rings (SSSR count). The second-order valence-corrected chi connectivity index (χ2v) is 5.52. The van der Waals surface area contributed by atoms with Gasteiger partial charge in [-0.25, -0.2) is 0 Å². The number of benzene rings is 2. The molecular formula is C19H17NO4. The summed E-state index contributed by atoms with van der Waals surface area (Å²) in [5.74, 6) is 0.124. The number of hydrogen-bond acceptors (Lipinski definition) is 4. The molecule has 0 saturated heterocycles. The summed E-state index contributed by atoms with van der Waals surface area (Å²) in [7, 11) is 0. The molecule has 1 heterocycles. The van der Waals surface area contributed by atoms with Crippen LogP contribution in [0.4, 0.5) is 0 Å². The molecule has 0 atom stereocenters. The fourth-order valence-corrected chi connectivity index (χ4v) is 2.51. The van der Waals surface area contributed by atoms with Gasteiger partial charge in [0.25, 0.3) is 0 Å². The summed E-state index contributed by atoms with van der Waals surface area (Å²) in [5, 5.41) is 12.6. The summed E-state index contributed by atoms with van der Waals surface area (Å²) in [5.41, 5.74) is 2.16. The first kappa shape index (κ1) is 15.8. The Hall–Kier alpha value is -3.08. The van der Waals surface area contributed by atoms with E-state index in [1.165, 1.54) is 12.3 Å². The first-order valence-corrected chi connectivity index (χ1v) is 7.67. The third-order valence-electron chi connectivity index (χ3n) is 3.82. The Morgan fingerprint density at radius 3 is 2.67 bits per heavy atom. The molecule has 0 aliphatic rings. The molecule has 24 heavy (non-hydrogen) atoms. The first-order valence-electron chi connectivity index (χ1n) is 7.67. The SMILES string of the molecule is O=C(CCc1ccc(O)cc1)NCc1cccc2c(=O)ccoc12. The number of rotatable bonds is 5. The highest BCUT2D eigenvalue weighted by molar-refractivity contribution is 5.81. The van der Waals surface area contributed by atoms with E-state index < -0.39 is 0 Å². The quantitative estimate of drug-likeness (QED) is 0.756. The van der Waals surface area contributed by atoms with E-state index in [-0.39, 0.29) is 17.1 Å². The lowest BCUT2D eigenvalue weighted by molar-refractivity contribution is -0.121. The van der Waals surface area contributed by atoms with E-state index in [1.807, 2.05) is 6.07 Å². The molecule has 1 amide bonds. The van der Waals surface area contributed by atoms with Crippen LogP contribution in [-0.2, 0) is 17.8 Å². The predicted octanol–water partition coefficient (Wildman–Crippen LogP) is 2.75. The normalized spacial score (nSPS) is 10.7. The van der Waals surface area contributed by atoms with Crippen molar-refractivity contribution in [2.24, 2.45) is 0 Å². The van der Waals surface area contributed by atoms with E-state index in [1.54, 1.807) is 36.4 Å². The van der Waals surface area contributed by atoms with Crippen molar-refractivity contribution in [2.75, 3.05) is 0 Å². The number of hydrogen-bond donors (Lipinski definition) is 2. The second-order valence-electron chi connectivity index (χ2n) is 5.52. The van der Waals surface area contributed by atoms with Gasteiger partial charge in [-0.1, -0.05) is 24.3 Å². The van der Waals surface area contributed by atoms with Crippen molar-refractivity contribution >= 4 is 16.9 Å². The topological polar surface area (TPSA) is 79.5 Å². The number of aryl methyl sites for hydroxylation is 1. The molecule has 0 radical (unpaired) electrons. The molecule has 2 N–H and O–H groups in total. The van der Waals surface area contributed by atoms with Crippen LogP contribution in [0.3, 0.4) is 0 Å². The van der Waals surface area contributed by atoms with Gasteiger partial charge in [-0.3, -0.25) is 9.59 Å². The van der Waals surface area contributed by atoms with Gasteiger partial charge in [0, 0.05) is 24.6 Å². The number of carbonyl (C=O) groups is 1. The minimum absolute atomic E-state index is 0.0849. The molecule has 1 aromatic heterocycles. The summed E-state index contributed by atoms with van der Waals surface area (Å²) < 4.78 is 5.42. The number of phenolic OH excluding ortho intramolecular Hbond substituents is 1. The highest BCUT2D eigenvalue weighted by atomic mass is 16.3. The summed E-state index contributed by atoms with van der Waals surface area (Å²) >= 11 is 0. The van der Waals surface area contributed by atoms with Gasteiger partial charge in [0.1, 0.15) is 11.3 Å². The van der Waals surface area contributed by atoms with Crippen LogP contribution in [-0.4, -0.2) is 11.0 Å². The Morgan fingerprint density at radius 1 is 1.08 bits per heavy atom. The maximum absolute atomic E-state index is 12.0. The number of carbonyl (C=O) groups excluding carboxylic acids is 1. The van der Waals surface area contributed by atoms with E-state index in [0.717, 1.165) is 11.1 Å². The standard InChI is InChI=1S/C19H17NO4/c21-15-7-4-13(5-8-15)6-9-18(23)20-12-14-2-1-3-16-17(22)10-11-24-19(14)16/h1-5,7-8,10-11,21H,6,9,12H2,(H,20,23). The summed E-state index contributed by atoms with van der Waals surface area (Å²) in [6.07, 6.45) is 2.30. The Morgan fingerprint density at radius 2 is 1.88 bits per heavy atom. The molecule has 0 saturated carbocycles. The maximum Gasteiger partial charge on any atom is 0.220 e. The molecule has 0 fully saturated rings. The Kier molecular flexibility index (Phi) is 4.61. The number of amides is 1. The van der Waals surface area contributed by atoms with Gasteiger partial charge in [-0.15, -0.1) is 0 Å². The number of para-hydroxylation sites is 1. The van der Waals surface area contributed by atoms with Gasteiger partial charge >= 0.3 is 0 Å². The molecule has 122 valence electrons. The van der Waals surface area contributed by atoms with Crippen LogP contribution in [0.5, 0.6) is 5.75 Å². The fraction of sp³-hybridized carbons (Fsp3) is 0.158. The molecule has 5 heteroatoms. The monoisotopic (exact) mass is 323 g/mol. The van der Waals surface area contributed by atoms with E-state index in [4.69, 9.17) is 4.42 Å². The molecule has 5 nitrogen and oxygen atoms in total. The van der Waals surface area contributed by atoms with Crippen LogP contribution in [0.2, 0.25) is 0 Å². The van der Waals surface area contributed by atoms with Gasteiger partial charge in [0.15, 0.2) is 5.43 Å². The van der Waals surface area contributed by atoms with E-state index in [9.17, 15) is 14.7 Å². The molecule has 0 aliphatic heterocycles. The Bertz CT molecular complexity index is 913. The Balaban J connectivity index is 1.61. The number of aromatic hydroxyl groups is 1. The van der Waals surface area contributed by atoms with E-state index >= 15 is 0 Å². The zero-order valence-electron chi connectivity index (χ0n) is 13.0. The lowest BCUT2D eigenvalue weighted by atomic mass is 10.1.